The van der Waals surface area contributed by atoms with E-state index < -0.39 is 18.6 Å². The molecule has 6 nitrogen and oxygen atoms in total. The van der Waals surface area contributed by atoms with E-state index in [1.54, 1.807) is 0 Å². The molecule has 1 atom stereocenters. The zero-order valence-electron chi connectivity index (χ0n) is 11.2. The third-order valence-corrected chi connectivity index (χ3v) is 2.88. The minimum absolute atomic E-state index is 0.250. The molecule has 0 saturated carbocycles. The summed E-state index contributed by atoms with van der Waals surface area (Å²) < 4.78 is 0. The van der Waals surface area contributed by atoms with Crippen LogP contribution in [0.15, 0.2) is 0 Å². The highest BCUT2D eigenvalue weighted by atomic mass is 16.4. The standard InChI is InChI=1S/C11H25BN2O4/c1-9(2)14-8-6-11(13,10(15)16)5-3-4-7-12(17)18/h9,14,17-18H,3-8,13H2,1-2H3,(H,15,16)/t11-/m1/s1. The number of hydrogen-bond donors (Lipinski definition) is 5. The molecule has 18 heavy (non-hydrogen) atoms. The predicted octanol–water partition coefficient (Wildman–Crippen LogP) is -0.200. The summed E-state index contributed by atoms with van der Waals surface area (Å²) in [6.45, 7) is 4.53. The van der Waals surface area contributed by atoms with Crippen LogP contribution < -0.4 is 11.1 Å². The minimum atomic E-state index is -1.33. The lowest BCUT2D eigenvalue weighted by Crippen LogP contribution is -2.50. The quantitative estimate of drug-likeness (QED) is 0.274. The summed E-state index contributed by atoms with van der Waals surface area (Å²) in [7, 11) is -1.33. The van der Waals surface area contributed by atoms with Crippen LogP contribution in [0, 0.1) is 0 Å². The Morgan fingerprint density at radius 1 is 1.33 bits per heavy atom. The predicted molar refractivity (Wildman–Crippen MR) is 71.2 cm³/mol. The first-order chi connectivity index (χ1) is 8.28. The topological polar surface area (TPSA) is 116 Å². The second-order valence-corrected chi connectivity index (χ2v) is 5.05. The fraction of sp³-hybridized carbons (Fsp3) is 0.909. The molecule has 7 heteroatoms. The van der Waals surface area contributed by atoms with Crippen molar-refractivity contribution in [3.63, 3.8) is 0 Å². The van der Waals surface area contributed by atoms with Gasteiger partial charge in [0.05, 0.1) is 0 Å². The third-order valence-electron chi connectivity index (χ3n) is 2.88. The van der Waals surface area contributed by atoms with Gasteiger partial charge in [-0.15, -0.1) is 0 Å². The summed E-state index contributed by atoms with van der Waals surface area (Å²) >= 11 is 0. The van der Waals surface area contributed by atoms with Crippen LogP contribution in [0.3, 0.4) is 0 Å². The van der Waals surface area contributed by atoms with Crippen molar-refractivity contribution >= 4 is 13.1 Å². The fourth-order valence-corrected chi connectivity index (χ4v) is 1.69. The molecule has 106 valence electrons. The molecule has 0 heterocycles. The number of carboxylic acid groups (broad SMARTS) is 1. The van der Waals surface area contributed by atoms with Gasteiger partial charge in [0.2, 0.25) is 0 Å². The van der Waals surface area contributed by atoms with Crippen LogP contribution in [0.2, 0.25) is 6.32 Å². The molecule has 0 aliphatic carbocycles. The van der Waals surface area contributed by atoms with Crippen molar-refractivity contribution in [2.24, 2.45) is 5.73 Å². The summed E-state index contributed by atoms with van der Waals surface area (Å²) in [4.78, 5) is 11.2. The van der Waals surface area contributed by atoms with Gasteiger partial charge in [-0.1, -0.05) is 26.7 Å². The van der Waals surface area contributed by atoms with Gasteiger partial charge in [0.15, 0.2) is 0 Å². The van der Waals surface area contributed by atoms with Crippen LogP contribution in [0.4, 0.5) is 0 Å². The van der Waals surface area contributed by atoms with E-state index >= 15 is 0 Å². The molecular weight excluding hydrogens is 235 g/mol. The molecule has 0 rings (SSSR count). The summed E-state index contributed by atoms with van der Waals surface area (Å²) in [6, 6.07) is 0.299. The molecule has 0 amide bonds. The largest absolute Gasteiger partial charge is 0.480 e. The highest BCUT2D eigenvalue weighted by Gasteiger charge is 2.32. The van der Waals surface area contributed by atoms with Gasteiger partial charge >= 0.3 is 13.1 Å². The van der Waals surface area contributed by atoms with Crippen molar-refractivity contribution in [2.75, 3.05) is 6.54 Å². The Morgan fingerprint density at radius 2 is 1.94 bits per heavy atom. The minimum Gasteiger partial charge on any atom is -0.480 e. The molecule has 0 aromatic heterocycles. The zero-order chi connectivity index (χ0) is 14.2. The SMILES string of the molecule is CC(C)NCC[C@](N)(CCCCB(O)O)C(=O)O. The molecule has 0 unspecified atom stereocenters. The summed E-state index contributed by atoms with van der Waals surface area (Å²) in [6.07, 6.45) is 2.08. The number of rotatable bonds is 10. The van der Waals surface area contributed by atoms with E-state index in [2.05, 4.69) is 5.32 Å². The van der Waals surface area contributed by atoms with E-state index in [4.69, 9.17) is 20.9 Å². The third kappa shape index (κ3) is 7.65. The number of aliphatic carboxylic acids is 1. The Balaban J connectivity index is 4.05. The van der Waals surface area contributed by atoms with Crippen LogP contribution in [0.1, 0.15) is 39.5 Å². The Hall–Kier alpha value is -0.625. The lowest BCUT2D eigenvalue weighted by Gasteiger charge is -2.25. The molecule has 0 radical (unpaired) electrons. The number of unbranched alkanes of at least 4 members (excludes halogenated alkanes) is 1. The normalized spacial score (nSPS) is 14.6. The smallest absolute Gasteiger partial charge is 0.451 e. The van der Waals surface area contributed by atoms with Crippen molar-refractivity contribution in [2.45, 2.75) is 57.4 Å². The van der Waals surface area contributed by atoms with Crippen molar-refractivity contribution in [1.29, 1.82) is 0 Å². The van der Waals surface area contributed by atoms with E-state index in [1.165, 1.54) is 0 Å². The van der Waals surface area contributed by atoms with Crippen molar-refractivity contribution in [3.05, 3.63) is 0 Å². The van der Waals surface area contributed by atoms with Crippen LogP contribution in [0.25, 0.3) is 0 Å². The van der Waals surface area contributed by atoms with Gasteiger partial charge in [0, 0.05) is 6.04 Å². The van der Waals surface area contributed by atoms with E-state index in [0.29, 0.717) is 38.3 Å². The van der Waals surface area contributed by atoms with E-state index in [9.17, 15) is 4.79 Å². The summed E-state index contributed by atoms with van der Waals surface area (Å²) in [5.41, 5.74) is 4.65. The van der Waals surface area contributed by atoms with Gasteiger partial charge in [-0.25, -0.2) is 0 Å². The van der Waals surface area contributed by atoms with Crippen LogP contribution in [-0.2, 0) is 4.79 Å². The van der Waals surface area contributed by atoms with Crippen LogP contribution in [-0.4, -0.2) is 46.4 Å². The first kappa shape index (κ1) is 17.4. The highest BCUT2D eigenvalue weighted by Crippen LogP contribution is 2.17. The molecule has 0 aliphatic rings. The van der Waals surface area contributed by atoms with E-state index in [-0.39, 0.29) is 6.32 Å². The molecule has 0 spiro atoms. The van der Waals surface area contributed by atoms with E-state index in [1.807, 2.05) is 13.8 Å². The van der Waals surface area contributed by atoms with Crippen molar-refractivity contribution in [3.8, 4) is 0 Å². The monoisotopic (exact) mass is 260 g/mol. The number of nitrogens with one attached hydrogen (secondary N) is 1. The van der Waals surface area contributed by atoms with E-state index in [0.717, 1.165) is 0 Å². The number of carbonyl (C=O) groups is 1. The molecule has 6 N–H and O–H groups in total. The van der Waals surface area contributed by atoms with Gasteiger partial charge in [-0.3, -0.25) is 4.79 Å². The maximum Gasteiger partial charge on any atom is 0.451 e. The molecule has 0 saturated heterocycles. The van der Waals surface area contributed by atoms with Crippen molar-refractivity contribution in [1.82, 2.24) is 5.32 Å². The average molecular weight is 260 g/mol. The molecule has 0 bridgehead atoms. The lowest BCUT2D eigenvalue weighted by atomic mass is 9.81. The lowest BCUT2D eigenvalue weighted by molar-refractivity contribution is -0.144. The van der Waals surface area contributed by atoms with Gasteiger partial charge in [-0.05, 0) is 25.7 Å². The average Bonchev–Trinajstić information content (AvgIpc) is 2.23. The second-order valence-electron chi connectivity index (χ2n) is 5.05. The maximum atomic E-state index is 11.2. The van der Waals surface area contributed by atoms with Gasteiger partial charge < -0.3 is 26.2 Å². The molecule has 0 fully saturated rings. The van der Waals surface area contributed by atoms with Crippen molar-refractivity contribution < 1.29 is 19.9 Å². The first-order valence-electron chi connectivity index (χ1n) is 6.40. The number of carboxylic acids is 1. The highest BCUT2D eigenvalue weighted by molar-refractivity contribution is 6.40. The summed E-state index contributed by atoms with van der Waals surface area (Å²) in [5, 5.41) is 29.7. The number of hydrogen-bond acceptors (Lipinski definition) is 5. The molecular formula is C11H25BN2O4. The molecule has 0 aromatic carbocycles. The van der Waals surface area contributed by atoms with Crippen LogP contribution >= 0.6 is 0 Å². The van der Waals surface area contributed by atoms with Gasteiger partial charge in [-0.2, -0.15) is 0 Å². The van der Waals surface area contributed by atoms with Gasteiger partial charge in [0.1, 0.15) is 5.54 Å². The Bertz CT molecular complexity index is 251. The first-order valence-corrected chi connectivity index (χ1v) is 6.40. The Morgan fingerprint density at radius 3 is 2.39 bits per heavy atom. The zero-order valence-corrected chi connectivity index (χ0v) is 11.2. The fourth-order valence-electron chi connectivity index (χ4n) is 1.69. The van der Waals surface area contributed by atoms with Crippen LogP contribution in [0.5, 0.6) is 0 Å². The Labute approximate surface area is 109 Å². The Kier molecular flexibility index (Phi) is 8.18. The number of nitrogens with two attached hydrogens (primary N) is 1. The molecule has 0 aliphatic heterocycles. The van der Waals surface area contributed by atoms with Gasteiger partial charge in [0.25, 0.3) is 0 Å². The summed E-state index contributed by atoms with van der Waals surface area (Å²) in [5.74, 6) is -1.00. The second kappa shape index (κ2) is 8.47. The maximum absolute atomic E-state index is 11.2. The molecule has 0 aromatic rings.